The maximum Gasteiger partial charge on any atom is 0.119 e. The number of hydrogen-bond donors (Lipinski definition) is 1. The lowest BCUT2D eigenvalue weighted by Crippen LogP contribution is -2.31. The monoisotopic (exact) mass is 207 g/mol. The minimum Gasteiger partial charge on any atom is -0.492 e. The lowest BCUT2D eigenvalue weighted by atomic mass is 10.2. The zero-order valence-electron chi connectivity index (χ0n) is 9.92. The molecule has 1 aromatic carbocycles. The van der Waals surface area contributed by atoms with Crippen molar-refractivity contribution in [1.29, 1.82) is 0 Å². The van der Waals surface area contributed by atoms with Gasteiger partial charge < -0.3 is 10.1 Å². The van der Waals surface area contributed by atoms with Crippen LogP contribution in [0.5, 0.6) is 5.75 Å². The van der Waals surface area contributed by atoms with Crippen molar-refractivity contribution in [2.75, 3.05) is 13.7 Å². The molecule has 0 spiro atoms. The summed E-state index contributed by atoms with van der Waals surface area (Å²) < 4.78 is 5.70. The number of hydrogen-bond acceptors (Lipinski definition) is 2. The number of likely N-dealkylation sites (N-methyl/N-ethyl adjacent to an activating group) is 1. The Labute approximate surface area is 92.6 Å². The standard InChI is InChI=1S/C13H21NO/c1-4-5-12(14-3)10-15-13-8-6-11(2)7-9-13/h6-9,12,14H,4-5,10H2,1-3H3. The number of aryl methyl sites for hydroxylation is 1. The minimum atomic E-state index is 0.455. The molecule has 2 heteroatoms. The van der Waals surface area contributed by atoms with Crippen molar-refractivity contribution in [3.05, 3.63) is 29.8 Å². The van der Waals surface area contributed by atoms with Crippen molar-refractivity contribution in [2.45, 2.75) is 32.7 Å². The molecule has 0 radical (unpaired) electrons. The molecule has 0 bridgehead atoms. The molecule has 1 rings (SSSR count). The number of rotatable bonds is 6. The summed E-state index contributed by atoms with van der Waals surface area (Å²) in [7, 11) is 1.98. The van der Waals surface area contributed by atoms with Crippen LogP contribution in [0.1, 0.15) is 25.3 Å². The Kier molecular flexibility index (Phi) is 5.19. The molecular formula is C13H21NO. The molecule has 1 N–H and O–H groups in total. The summed E-state index contributed by atoms with van der Waals surface area (Å²) in [5.41, 5.74) is 1.26. The SMILES string of the molecule is CCCC(COc1ccc(C)cc1)NC. The van der Waals surface area contributed by atoms with E-state index in [1.165, 1.54) is 12.0 Å². The van der Waals surface area contributed by atoms with Crippen molar-refractivity contribution in [3.63, 3.8) is 0 Å². The fourth-order valence-electron chi connectivity index (χ4n) is 1.49. The maximum absolute atomic E-state index is 5.70. The summed E-state index contributed by atoms with van der Waals surface area (Å²) in [6, 6.07) is 8.64. The van der Waals surface area contributed by atoms with Gasteiger partial charge in [0.05, 0.1) is 0 Å². The van der Waals surface area contributed by atoms with Gasteiger partial charge in [-0.3, -0.25) is 0 Å². The Morgan fingerprint density at radius 3 is 2.47 bits per heavy atom. The molecular weight excluding hydrogens is 186 g/mol. The third-order valence-electron chi connectivity index (χ3n) is 2.52. The summed E-state index contributed by atoms with van der Waals surface area (Å²) >= 11 is 0. The molecule has 0 fully saturated rings. The van der Waals surface area contributed by atoms with E-state index >= 15 is 0 Å². The number of ether oxygens (including phenoxy) is 1. The van der Waals surface area contributed by atoms with Crippen LogP contribution in [-0.4, -0.2) is 19.7 Å². The number of nitrogens with one attached hydrogen (secondary N) is 1. The highest BCUT2D eigenvalue weighted by atomic mass is 16.5. The van der Waals surface area contributed by atoms with Crippen LogP contribution in [0.2, 0.25) is 0 Å². The molecule has 0 aromatic heterocycles. The van der Waals surface area contributed by atoms with Crippen molar-refractivity contribution in [1.82, 2.24) is 5.32 Å². The van der Waals surface area contributed by atoms with Gasteiger partial charge in [0.25, 0.3) is 0 Å². The lowest BCUT2D eigenvalue weighted by Gasteiger charge is -2.16. The van der Waals surface area contributed by atoms with Gasteiger partial charge in [-0.2, -0.15) is 0 Å². The Morgan fingerprint density at radius 1 is 1.27 bits per heavy atom. The average molecular weight is 207 g/mol. The predicted molar refractivity (Wildman–Crippen MR) is 64.4 cm³/mol. The molecule has 0 saturated carbocycles. The van der Waals surface area contributed by atoms with Crippen LogP contribution in [0.4, 0.5) is 0 Å². The molecule has 15 heavy (non-hydrogen) atoms. The first-order valence-electron chi connectivity index (χ1n) is 5.63. The van der Waals surface area contributed by atoms with Crippen molar-refractivity contribution >= 4 is 0 Å². The van der Waals surface area contributed by atoms with Gasteiger partial charge in [0.2, 0.25) is 0 Å². The third kappa shape index (κ3) is 4.34. The summed E-state index contributed by atoms with van der Waals surface area (Å²) in [6.45, 7) is 5.01. The van der Waals surface area contributed by atoms with E-state index in [0.29, 0.717) is 6.04 Å². The first-order valence-corrected chi connectivity index (χ1v) is 5.63. The van der Waals surface area contributed by atoms with E-state index in [1.54, 1.807) is 0 Å². The Morgan fingerprint density at radius 2 is 1.93 bits per heavy atom. The van der Waals surface area contributed by atoms with Crippen molar-refractivity contribution in [2.24, 2.45) is 0 Å². The molecule has 0 amide bonds. The van der Waals surface area contributed by atoms with Gasteiger partial charge in [-0.05, 0) is 32.5 Å². The van der Waals surface area contributed by atoms with Crippen LogP contribution < -0.4 is 10.1 Å². The average Bonchev–Trinajstić information content (AvgIpc) is 2.26. The molecule has 0 aliphatic heterocycles. The van der Waals surface area contributed by atoms with E-state index in [1.807, 2.05) is 19.2 Å². The first-order chi connectivity index (χ1) is 7.26. The van der Waals surface area contributed by atoms with Crippen LogP contribution in [0.3, 0.4) is 0 Å². The third-order valence-corrected chi connectivity index (χ3v) is 2.52. The van der Waals surface area contributed by atoms with Gasteiger partial charge in [-0.15, -0.1) is 0 Å². The highest BCUT2D eigenvalue weighted by molar-refractivity contribution is 5.26. The van der Waals surface area contributed by atoms with Crippen molar-refractivity contribution in [3.8, 4) is 5.75 Å². The summed E-state index contributed by atoms with van der Waals surface area (Å²) in [5.74, 6) is 0.956. The second-order valence-electron chi connectivity index (χ2n) is 3.90. The molecule has 0 aliphatic rings. The van der Waals surface area contributed by atoms with Crippen LogP contribution in [0, 0.1) is 6.92 Å². The van der Waals surface area contributed by atoms with E-state index in [-0.39, 0.29) is 0 Å². The van der Waals surface area contributed by atoms with Gasteiger partial charge in [0.1, 0.15) is 12.4 Å². The summed E-state index contributed by atoms with van der Waals surface area (Å²) in [4.78, 5) is 0. The molecule has 0 aliphatic carbocycles. The fourth-order valence-corrected chi connectivity index (χ4v) is 1.49. The van der Waals surface area contributed by atoms with E-state index in [2.05, 4.69) is 31.3 Å². The minimum absolute atomic E-state index is 0.455. The Balaban J connectivity index is 2.38. The van der Waals surface area contributed by atoms with E-state index in [4.69, 9.17) is 4.74 Å². The quantitative estimate of drug-likeness (QED) is 0.774. The van der Waals surface area contributed by atoms with E-state index in [0.717, 1.165) is 18.8 Å². The second-order valence-corrected chi connectivity index (χ2v) is 3.90. The van der Waals surface area contributed by atoms with E-state index < -0.39 is 0 Å². The smallest absolute Gasteiger partial charge is 0.119 e. The molecule has 0 saturated heterocycles. The maximum atomic E-state index is 5.70. The molecule has 2 nitrogen and oxygen atoms in total. The second kappa shape index (κ2) is 6.46. The van der Waals surface area contributed by atoms with Crippen molar-refractivity contribution < 1.29 is 4.74 Å². The van der Waals surface area contributed by atoms with Crippen LogP contribution in [-0.2, 0) is 0 Å². The Bertz CT molecular complexity index is 268. The zero-order valence-corrected chi connectivity index (χ0v) is 9.92. The van der Waals surface area contributed by atoms with Crippen LogP contribution in [0.25, 0.3) is 0 Å². The predicted octanol–water partition coefficient (Wildman–Crippen LogP) is 2.76. The van der Waals surface area contributed by atoms with Gasteiger partial charge in [-0.25, -0.2) is 0 Å². The summed E-state index contributed by atoms with van der Waals surface area (Å²) in [6.07, 6.45) is 2.34. The lowest BCUT2D eigenvalue weighted by molar-refractivity contribution is 0.262. The topological polar surface area (TPSA) is 21.3 Å². The number of benzene rings is 1. The van der Waals surface area contributed by atoms with E-state index in [9.17, 15) is 0 Å². The van der Waals surface area contributed by atoms with Gasteiger partial charge in [0.15, 0.2) is 0 Å². The molecule has 1 unspecified atom stereocenters. The Hall–Kier alpha value is -1.02. The molecule has 1 atom stereocenters. The molecule has 84 valence electrons. The highest BCUT2D eigenvalue weighted by Gasteiger charge is 2.04. The van der Waals surface area contributed by atoms with Crippen LogP contribution in [0.15, 0.2) is 24.3 Å². The zero-order chi connectivity index (χ0) is 11.1. The van der Waals surface area contributed by atoms with Crippen LogP contribution >= 0.6 is 0 Å². The van der Waals surface area contributed by atoms with Gasteiger partial charge in [-0.1, -0.05) is 31.0 Å². The summed E-state index contributed by atoms with van der Waals surface area (Å²) in [5, 5.41) is 3.26. The largest absolute Gasteiger partial charge is 0.492 e. The highest BCUT2D eigenvalue weighted by Crippen LogP contribution is 2.12. The first kappa shape index (κ1) is 12.1. The molecule has 1 aromatic rings. The normalized spacial score (nSPS) is 12.5. The van der Waals surface area contributed by atoms with Gasteiger partial charge in [0, 0.05) is 6.04 Å². The van der Waals surface area contributed by atoms with Gasteiger partial charge >= 0.3 is 0 Å². The molecule has 0 heterocycles. The fraction of sp³-hybridized carbons (Fsp3) is 0.538.